The molecule has 1 N–H and O–H groups in total. The van der Waals surface area contributed by atoms with Crippen LogP contribution in [-0.2, 0) is 10.0 Å². The Morgan fingerprint density at radius 3 is 2.81 bits per heavy atom. The van der Waals surface area contributed by atoms with Gasteiger partial charge >= 0.3 is 0 Å². The molecular weight excluding hydrogens is 359 g/mol. The smallest absolute Gasteiger partial charge is 0.243 e. The Kier molecular flexibility index (Phi) is 3.90. The summed E-state index contributed by atoms with van der Waals surface area (Å²) in [6, 6.07) is 7.41. The molecule has 0 spiro atoms. The number of hydrogen-bond donors (Lipinski definition) is 1. The molecule has 0 saturated carbocycles. The van der Waals surface area contributed by atoms with Gasteiger partial charge in [0.1, 0.15) is 5.82 Å². The Hall–Kier alpha value is -1.18. The van der Waals surface area contributed by atoms with Crippen molar-refractivity contribution in [1.82, 2.24) is 9.29 Å². The summed E-state index contributed by atoms with van der Waals surface area (Å²) in [4.78, 5) is 3.05. The van der Waals surface area contributed by atoms with Crippen LogP contribution in [0.5, 0.6) is 0 Å². The third-order valence-corrected chi connectivity index (χ3v) is 6.23. The normalized spacial score (nSPS) is 20.0. The molecule has 3 rings (SSSR count). The molecule has 1 aromatic carbocycles. The molecule has 2 aromatic rings. The molecule has 1 aliphatic heterocycles. The van der Waals surface area contributed by atoms with E-state index in [1.807, 2.05) is 12.1 Å². The molecular formula is C14H14BrFN2O2S. The zero-order valence-corrected chi connectivity index (χ0v) is 13.5. The number of nitrogens with one attached hydrogen (secondary N) is 1. The zero-order chi connectivity index (χ0) is 15.0. The second-order valence-corrected chi connectivity index (χ2v) is 7.72. The molecule has 112 valence electrons. The largest absolute Gasteiger partial charge is 0.364 e. The summed E-state index contributed by atoms with van der Waals surface area (Å²) >= 11 is 3.03. The number of rotatable bonds is 3. The van der Waals surface area contributed by atoms with Gasteiger partial charge in [0.05, 0.1) is 15.4 Å². The van der Waals surface area contributed by atoms with Crippen molar-refractivity contribution in [3.05, 3.63) is 52.5 Å². The fourth-order valence-corrected chi connectivity index (χ4v) is 4.60. The van der Waals surface area contributed by atoms with Crippen LogP contribution in [0.15, 0.2) is 45.9 Å². The van der Waals surface area contributed by atoms with Crippen LogP contribution in [0.3, 0.4) is 0 Å². The van der Waals surface area contributed by atoms with Gasteiger partial charge in [-0.05, 0) is 59.1 Å². The summed E-state index contributed by atoms with van der Waals surface area (Å²) in [5.41, 5.74) is 0.869. The van der Waals surface area contributed by atoms with Gasteiger partial charge in [0, 0.05) is 18.4 Å². The van der Waals surface area contributed by atoms with E-state index in [0.29, 0.717) is 6.54 Å². The van der Waals surface area contributed by atoms with Crippen molar-refractivity contribution < 1.29 is 12.8 Å². The number of sulfonamides is 1. The number of aromatic nitrogens is 1. The van der Waals surface area contributed by atoms with Crippen molar-refractivity contribution in [1.29, 1.82) is 0 Å². The molecule has 1 atom stereocenters. The van der Waals surface area contributed by atoms with Crippen molar-refractivity contribution in [3.63, 3.8) is 0 Å². The first-order valence-electron chi connectivity index (χ1n) is 6.60. The minimum Gasteiger partial charge on any atom is -0.364 e. The summed E-state index contributed by atoms with van der Waals surface area (Å²) in [5.74, 6) is -0.577. The van der Waals surface area contributed by atoms with Crippen LogP contribution in [0, 0.1) is 5.82 Å². The van der Waals surface area contributed by atoms with Gasteiger partial charge in [-0.15, -0.1) is 0 Å². The Balaban J connectivity index is 1.99. The molecule has 1 saturated heterocycles. The van der Waals surface area contributed by atoms with Gasteiger partial charge in [-0.2, -0.15) is 4.31 Å². The zero-order valence-electron chi connectivity index (χ0n) is 11.1. The van der Waals surface area contributed by atoms with Gasteiger partial charge in [-0.25, -0.2) is 12.8 Å². The lowest BCUT2D eigenvalue weighted by Gasteiger charge is -2.23. The van der Waals surface area contributed by atoms with Gasteiger partial charge in [0.25, 0.3) is 0 Å². The Morgan fingerprint density at radius 1 is 1.33 bits per heavy atom. The van der Waals surface area contributed by atoms with Crippen LogP contribution in [0.4, 0.5) is 4.39 Å². The van der Waals surface area contributed by atoms with E-state index in [9.17, 15) is 12.8 Å². The summed E-state index contributed by atoms with van der Waals surface area (Å²) in [6.07, 6.45) is 3.33. The van der Waals surface area contributed by atoms with E-state index in [1.54, 1.807) is 6.20 Å². The monoisotopic (exact) mass is 372 g/mol. The highest BCUT2D eigenvalue weighted by Crippen LogP contribution is 2.36. The topological polar surface area (TPSA) is 53.2 Å². The molecule has 7 heteroatoms. The van der Waals surface area contributed by atoms with Crippen LogP contribution in [-0.4, -0.2) is 24.3 Å². The van der Waals surface area contributed by atoms with Crippen molar-refractivity contribution in [2.24, 2.45) is 0 Å². The van der Waals surface area contributed by atoms with Crippen LogP contribution >= 0.6 is 15.9 Å². The molecule has 4 nitrogen and oxygen atoms in total. The predicted molar refractivity (Wildman–Crippen MR) is 80.8 cm³/mol. The van der Waals surface area contributed by atoms with E-state index in [0.717, 1.165) is 24.6 Å². The maximum atomic E-state index is 13.6. The first kappa shape index (κ1) is 14.7. The fraction of sp³-hybridized carbons (Fsp3) is 0.286. The van der Waals surface area contributed by atoms with Gasteiger partial charge < -0.3 is 4.98 Å². The van der Waals surface area contributed by atoms with Crippen molar-refractivity contribution in [2.75, 3.05) is 6.54 Å². The Labute approximate surface area is 131 Å². The predicted octanol–water partition coefficient (Wildman–Crippen LogP) is 3.44. The summed E-state index contributed by atoms with van der Waals surface area (Å²) in [6.45, 7) is 0.448. The van der Waals surface area contributed by atoms with Gasteiger partial charge in [-0.1, -0.05) is 0 Å². The minimum absolute atomic E-state index is 0.0124. The number of hydrogen-bond acceptors (Lipinski definition) is 2. The quantitative estimate of drug-likeness (QED) is 0.896. The molecule has 0 aliphatic carbocycles. The average molecular weight is 373 g/mol. The third-order valence-electron chi connectivity index (χ3n) is 3.68. The van der Waals surface area contributed by atoms with Crippen molar-refractivity contribution in [3.8, 4) is 0 Å². The van der Waals surface area contributed by atoms with Gasteiger partial charge in [-0.3, -0.25) is 0 Å². The molecule has 1 unspecified atom stereocenters. The van der Waals surface area contributed by atoms with Crippen LogP contribution in [0.2, 0.25) is 0 Å². The van der Waals surface area contributed by atoms with Crippen LogP contribution in [0.1, 0.15) is 24.6 Å². The van der Waals surface area contributed by atoms with Crippen molar-refractivity contribution >= 4 is 26.0 Å². The molecule has 0 amide bonds. The number of benzene rings is 1. The van der Waals surface area contributed by atoms with E-state index < -0.39 is 15.8 Å². The molecule has 0 radical (unpaired) electrons. The van der Waals surface area contributed by atoms with Crippen LogP contribution in [0.25, 0.3) is 0 Å². The molecule has 1 fully saturated rings. The molecule has 2 heterocycles. The van der Waals surface area contributed by atoms with E-state index in [1.165, 1.54) is 16.4 Å². The highest BCUT2D eigenvalue weighted by molar-refractivity contribution is 9.10. The summed E-state index contributed by atoms with van der Waals surface area (Å²) in [7, 11) is -3.70. The van der Waals surface area contributed by atoms with E-state index in [-0.39, 0.29) is 15.4 Å². The number of aromatic amines is 1. The fourth-order valence-electron chi connectivity index (χ4n) is 2.66. The van der Waals surface area contributed by atoms with Crippen molar-refractivity contribution in [2.45, 2.75) is 23.8 Å². The van der Waals surface area contributed by atoms with Crippen LogP contribution < -0.4 is 0 Å². The Morgan fingerprint density at radius 2 is 2.14 bits per heavy atom. The van der Waals surface area contributed by atoms with E-state index >= 15 is 0 Å². The lowest BCUT2D eigenvalue weighted by Crippen LogP contribution is -2.30. The maximum Gasteiger partial charge on any atom is 0.243 e. The van der Waals surface area contributed by atoms with E-state index in [2.05, 4.69) is 20.9 Å². The maximum absolute atomic E-state index is 13.6. The lowest BCUT2D eigenvalue weighted by molar-refractivity contribution is 0.391. The highest BCUT2D eigenvalue weighted by Gasteiger charge is 2.36. The highest BCUT2D eigenvalue weighted by atomic mass is 79.9. The lowest BCUT2D eigenvalue weighted by atomic mass is 10.2. The first-order valence-corrected chi connectivity index (χ1v) is 8.83. The third kappa shape index (κ3) is 2.65. The molecule has 1 aliphatic rings. The summed E-state index contributed by atoms with van der Waals surface area (Å²) in [5, 5.41) is 0. The molecule has 0 bridgehead atoms. The van der Waals surface area contributed by atoms with Gasteiger partial charge in [0.2, 0.25) is 10.0 Å². The second-order valence-electron chi connectivity index (χ2n) is 4.98. The molecule has 1 aromatic heterocycles. The second kappa shape index (κ2) is 5.55. The standard InChI is InChI=1S/C14H14BrFN2O2S/c15-11-6-5-10(9-12(11)16)21(19,20)18-8-2-4-14(18)13-3-1-7-17-13/h1,3,5-7,9,14,17H,2,4,8H2. The average Bonchev–Trinajstić information content (AvgIpc) is 3.11. The SMILES string of the molecule is O=S(=O)(c1ccc(Br)c(F)c1)N1CCCC1c1ccc[nH]1. The number of halogens is 2. The van der Waals surface area contributed by atoms with E-state index in [4.69, 9.17) is 0 Å². The number of H-pyrrole nitrogens is 1. The summed E-state index contributed by atoms with van der Waals surface area (Å²) < 4.78 is 40.8. The minimum atomic E-state index is -3.70. The number of nitrogens with zero attached hydrogens (tertiary/aromatic N) is 1. The Bertz CT molecular complexity index is 746. The first-order chi connectivity index (χ1) is 10.00. The molecule has 21 heavy (non-hydrogen) atoms. The van der Waals surface area contributed by atoms with Gasteiger partial charge in [0.15, 0.2) is 0 Å².